The number of benzene rings is 2. The normalized spacial score (nSPS) is 12.9. The van der Waals surface area contributed by atoms with Gasteiger partial charge in [-0.05, 0) is 37.1 Å². The maximum atomic E-state index is 6.47. The van der Waals surface area contributed by atoms with Crippen LogP contribution in [0, 0.1) is 0 Å². The van der Waals surface area contributed by atoms with Crippen molar-refractivity contribution in [1.82, 2.24) is 0 Å². The summed E-state index contributed by atoms with van der Waals surface area (Å²) < 4.78 is 19.0. The molecule has 0 spiro atoms. The Hall–Kier alpha value is -2.00. The first-order valence-corrected chi connectivity index (χ1v) is 13.4. The van der Waals surface area contributed by atoms with Gasteiger partial charge in [0.1, 0.15) is 11.5 Å². The van der Waals surface area contributed by atoms with Gasteiger partial charge >= 0.3 is 0 Å². The van der Waals surface area contributed by atoms with Crippen molar-refractivity contribution in [1.29, 1.82) is 0 Å². The Labute approximate surface area is 202 Å². The minimum atomic E-state index is -0.299. The average molecular weight is 455 g/mol. The highest BCUT2D eigenvalue weighted by Gasteiger charge is 2.20. The quantitative estimate of drug-likeness (QED) is 0.147. The number of unbranched alkanes of at least 4 members (excludes halogenated alkanes) is 10. The van der Waals surface area contributed by atoms with Gasteiger partial charge in [0.05, 0.1) is 0 Å². The number of rotatable bonds is 20. The summed E-state index contributed by atoms with van der Waals surface area (Å²) >= 11 is 0. The van der Waals surface area contributed by atoms with Crippen molar-refractivity contribution in [2.75, 3.05) is 0 Å². The number of hydrogen-bond acceptors (Lipinski definition) is 3. The molecular formula is C30H46O3. The molecule has 0 amide bonds. The van der Waals surface area contributed by atoms with Crippen LogP contribution >= 0.6 is 0 Å². The molecule has 0 N–H and O–H groups in total. The van der Waals surface area contributed by atoms with E-state index in [2.05, 4.69) is 13.8 Å². The van der Waals surface area contributed by atoms with Gasteiger partial charge in [0, 0.05) is 12.8 Å². The van der Waals surface area contributed by atoms with Crippen LogP contribution in [0.5, 0.6) is 11.5 Å². The van der Waals surface area contributed by atoms with Crippen LogP contribution < -0.4 is 9.47 Å². The summed E-state index contributed by atoms with van der Waals surface area (Å²) in [6.45, 7) is 4.52. The maximum absolute atomic E-state index is 6.47. The van der Waals surface area contributed by atoms with Crippen molar-refractivity contribution < 1.29 is 14.2 Å². The van der Waals surface area contributed by atoms with E-state index in [1.165, 1.54) is 64.2 Å². The maximum Gasteiger partial charge on any atom is 0.203 e. The first-order chi connectivity index (χ1) is 16.3. The average Bonchev–Trinajstić information content (AvgIpc) is 2.84. The second-order valence-corrected chi connectivity index (χ2v) is 8.97. The molecule has 33 heavy (non-hydrogen) atoms. The lowest BCUT2D eigenvalue weighted by molar-refractivity contribution is -0.190. The Morgan fingerprint density at radius 2 is 0.848 bits per heavy atom. The smallest absolute Gasteiger partial charge is 0.203 e. The van der Waals surface area contributed by atoms with Gasteiger partial charge in [0.2, 0.25) is 12.6 Å². The molecule has 2 aromatic carbocycles. The Morgan fingerprint density at radius 3 is 1.24 bits per heavy atom. The minimum Gasteiger partial charge on any atom is -0.465 e. The van der Waals surface area contributed by atoms with Crippen LogP contribution in [0.15, 0.2) is 60.7 Å². The zero-order chi connectivity index (χ0) is 23.4. The third-order valence-electron chi connectivity index (χ3n) is 5.91. The van der Waals surface area contributed by atoms with E-state index < -0.39 is 0 Å². The van der Waals surface area contributed by atoms with Crippen LogP contribution in [0.4, 0.5) is 0 Å². The summed E-state index contributed by atoms with van der Waals surface area (Å²) in [4.78, 5) is 0. The molecule has 0 aliphatic carbocycles. The predicted octanol–water partition coefficient (Wildman–Crippen LogP) is 9.31. The fourth-order valence-corrected chi connectivity index (χ4v) is 3.96. The highest BCUT2D eigenvalue weighted by molar-refractivity contribution is 5.22. The zero-order valence-corrected chi connectivity index (χ0v) is 21.1. The van der Waals surface area contributed by atoms with Crippen LogP contribution in [0.3, 0.4) is 0 Å². The molecule has 184 valence electrons. The van der Waals surface area contributed by atoms with E-state index in [4.69, 9.17) is 14.2 Å². The molecule has 2 aromatic rings. The lowest BCUT2D eigenvalue weighted by Crippen LogP contribution is -2.31. The van der Waals surface area contributed by atoms with Gasteiger partial charge in [-0.3, -0.25) is 0 Å². The van der Waals surface area contributed by atoms with Crippen molar-refractivity contribution in [3.8, 4) is 11.5 Å². The van der Waals surface area contributed by atoms with Crippen LogP contribution in [0.25, 0.3) is 0 Å². The van der Waals surface area contributed by atoms with Crippen molar-refractivity contribution in [2.24, 2.45) is 0 Å². The molecule has 3 heteroatoms. The van der Waals surface area contributed by atoms with E-state index >= 15 is 0 Å². The largest absolute Gasteiger partial charge is 0.465 e. The van der Waals surface area contributed by atoms with Crippen LogP contribution in [-0.4, -0.2) is 12.6 Å². The third-order valence-corrected chi connectivity index (χ3v) is 5.91. The van der Waals surface area contributed by atoms with E-state index in [9.17, 15) is 0 Å². The Morgan fingerprint density at radius 1 is 0.485 bits per heavy atom. The Bertz CT molecular complexity index is 614. The number of ether oxygens (including phenoxy) is 3. The Kier molecular flexibility index (Phi) is 15.2. The number of para-hydroxylation sites is 2. The standard InChI is InChI=1S/C30H46O3/c1-3-5-7-9-11-19-25-29(31-27-21-15-13-16-22-27)33-30(26-20-12-10-8-6-4-2)32-28-23-17-14-18-24-28/h13-18,21-24,29-30H,3-12,19-20,25-26H2,1-2H3. The molecule has 3 nitrogen and oxygen atoms in total. The molecule has 2 unspecified atom stereocenters. The van der Waals surface area contributed by atoms with Gasteiger partial charge in [-0.2, -0.15) is 0 Å². The molecule has 0 saturated carbocycles. The SMILES string of the molecule is CCCCCCCCC(Oc1ccccc1)OC(CCCCCCCC)Oc1ccccc1. The van der Waals surface area contributed by atoms with Gasteiger partial charge < -0.3 is 14.2 Å². The van der Waals surface area contributed by atoms with E-state index in [0.29, 0.717) is 0 Å². The van der Waals surface area contributed by atoms with Crippen molar-refractivity contribution in [2.45, 2.75) is 116 Å². The highest BCUT2D eigenvalue weighted by Crippen LogP contribution is 2.22. The van der Waals surface area contributed by atoms with E-state index in [1.807, 2.05) is 60.7 Å². The van der Waals surface area contributed by atoms with Gasteiger partial charge in [-0.1, -0.05) is 114 Å². The van der Waals surface area contributed by atoms with Crippen LogP contribution in [-0.2, 0) is 4.74 Å². The first kappa shape index (κ1) is 27.2. The van der Waals surface area contributed by atoms with E-state index in [-0.39, 0.29) is 12.6 Å². The van der Waals surface area contributed by atoms with Crippen molar-refractivity contribution in [3.63, 3.8) is 0 Å². The topological polar surface area (TPSA) is 27.7 Å². The molecule has 0 aliphatic heterocycles. The summed E-state index contributed by atoms with van der Waals surface area (Å²) in [5.74, 6) is 1.71. The van der Waals surface area contributed by atoms with Gasteiger partial charge in [0.15, 0.2) is 0 Å². The zero-order valence-electron chi connectivity index (χ0n) is 21.1. The predicted molar refractivity (Wildman–Crippen MR) is 139 cm³/mol. The second-order valence-electron chi connectivity index (χ2n) is 8.97. The van der Waals surface area contributed by atoms with Gasteiger partial charge in [-0.25, -0.2) is 0 Å². The summed E-state index contributed by atoms with van der Waals surface area (Å²) in [7, 11) is 0. The minimum absolute atomic E-state index is 0.299. The van der Waals surface area contributed by atoms with E-state index in [1.54, 1.807) is 0 Å². The van der Waals surface area contributed by atoms with Crippen molar-refractivity contribution >= 4 is 0 Å². The van der Waals surface area contributed by atoms with Gasteiger partial charge in [-0.15, -0.1) is 0 Å². The lowest BCUT2D eigenvalue weighted by atomic mass is 10.1. The fourth-order valence-electron chi connectivity index (χ4n) is 3.96. The van der Waals surface area contributed by atoms with E-state index in [0.717, 1.165) is 37.2 Å². The molecule has 0 aliphatic rings. The molecule has 2 rings (SSSR count). The molecule has 0 aromatic heterocycles. The Balaban J connectivity index is 1.93. The molecular weight excluding hydrogens is 408 g/mol. The monoisotopic (exact) mass is 454 g/mol. The third kappa shape index (κ3) is 13.3. The summed E-state index contributed by atoms with van der Waals surface area (Å²) in [5.41, 5.74) is 0. The molecule has 0 saturated heterocycles. The van der Waals surface area contributed by atoms with Crippen LogP contribution in [0.1, 0.15) is 104 Å². The van der Waals surface area contributed by atoms with Crippen LogP contribution in [0.2, 0.25) is 0 Å². The fraction of sp³-hybridized carbons (Fsp3) is 0.600. The number of hydrogen-bond donors (Lipinski definition) is 0. The summed E-state index contributed by atoms with van der Waals surface area (Å²) in [5, 5.41) is 0. The summed E-state index contributed by atoms with van der Waals surface area (Å²) in [6, 6.07) is 20.0. The molecule has 2 atom stereocenters. The lowest BCUT2D eigenvalue weighted by Gasteiger charge is -2.26. The molecule has 0 bridgehead atoms. The van der Waals surface area contributed by atoms with Crippen molar-refractivity contribution in [3.05, 3.63) is 60.7 Å². The summed E-state index contributed by atoms with van der Waals surface area (Å²) in [6.07, 6.45) is 16.2. The molecule has 0 heterocycles. The highest BCUT2D eigenvalue weighted by atomic mass is 16.8. The second kappa shape index (κ2) is 18.4. The molecule has 0 radical (unpaired) electrons. The van der Waals surface area contributed by atoms with Gasteiger partial charge in [0.25, 0.3) is 0 Å². The molecule has 0 fully saturated rings. The first-order valence-electron chi connectivity index (χ1n) is 13.4.